The average molecular weight is 388 g/mol. The zero-order chi connectivity index (χ0) is 17.5. The maximum atomic E-state index is 12.9. The molecule has 2 aromatic heterocycles. The first kappa shape index (κ1) is 16.6. The second kappa shape index (κ2) is 6.02. The average Bonchev–Trinajstić information content (AvgIpc) is 2.91. The number of benzene rings is 1. The van der Waals surface area contributed by atoms with Crippen LogP contribution in [0.3, 0.4) is 0 Å². The lowest BCUT2D eigenvalue weighted by molar-refractivity contribution is 0.503. The van der Waals surface area contributed by atoms with E-state index in [1.165, 1.54) is 10.9 Å². The maximum absolute atomic E-state index is 12.9. The minimum atomic E-state index is -0.336. The Hall–Kier alpha value is -2.21. The van der Waals surface area contributed by atoms with Crippen LogP contribution in [0.4, 0.5) is 0 Å². The van der Waals surface area contributed by atoms with Crippen LogP contribution >= 0.6 is 15.9 Å². The first-order valence-electron chi connectivity index (χ1n) is 7.59. The lowest BCUT2D eigenvalue weighted by Crippen LogP contribution is -2.29. The SMILES string of the molecule is Cc1ccc(C=Nn2c(C(C)(C)C)nc3ccc(Br)cc3c2=O)o1. The molecule has 0 unspecified atom stereocenters. The molecule has 0 radical (unpaired) electrons. The van der Waals surface area contributed by atoms with Crippen LogP contribution in [0.5, 0.6) is 0 Å². The highest BCUT2D eigenvalue weighted by Gasteiger charge is 2.22. The van der Waals surface area contributed by atoms with Gasteiger partial charge in [0, 0.05) is 9.89 Å². The minimum absolute atomic E-state index is 0.203. The molecule has 3 rings (SSSR count). The molecule has 124 valence electrons. The van der Waals surface area contributed by atoms with E-state index in [2.05, 4.69) is 26.0 Å². The number of halogens is 1. The molecule has 1 aromatic carbocycles. The van der Waals surface area contributed by atoms with Crippen LogP contribution in [0.15, 0.2) is 49.1 Å². The third kappa shape index (κ3) is 3.19. The summed E-state index contributed by atoms with van der Waals surface area (Å²) >= 11 is 3.40. The quantitative estimate of drug-likeness (QED) is 0.617. The van der Waals surface area contributed by atoms with E-state index < -0.39 is 0 Å². The molecule has 24 heavy (non-hydrogen) atoms. The van der Waals surface area contributed by atoms with Gasteiger partial charge in [0.2, 0.25) is 0 Å². The number of aromatic nitrogens is 2. The molecule has 0 spiro atoms. The highest BCUT2D eigenvalue weighted by Crippen LogP contribution is 2.23. The van der Waals surface area contributed by atoms with Gasteiger partial charge in [0.15, 0.2) is 0 Å². The lowest BCUT2D eigenvalue weighted by atomic mass is 9.95. The van der Waals surface area contributed by atoms with Crippen molar-refractivity contribution in [3.63, 3.8) is 0 Å². The van der Waals surface area contributed by atoms with E-state index in [0.29, 0.717) is 22.5 Å². The van der Waals surface area contributed by atoms with Crippen molar-refractivity contribution in [2.75, 3.05) is 0 Å². The normalized spacial score (nSPS) is 12.4. The number of aryl methyl sites for hydroxylation is 1. The Balaban J connectivity index is 2.25. The summed E-state index contributed by atoms with van der Waals surface area (Å²) < 4.78 is 7.67. The number of nitrogens with zero attached hydrogens (tertiary/aromatic N) is 3. The molecule has 0 aliphatic rings. The van der Waals surface area contributed by atoms with Gasteiger partial charge in [-0.05, 0) is 37.3 Å². The molecule has 2 heterocycles. The smallest absolute Gasteiger partial charge is 0.282 e. The van der Waals surface area contributed by atoms with Crippen LogP contribution in [0, 0.1) is 6.92 Å². The lowest BCUT2D eigenvalue weighted by Gasteiger charge is -2.20. The van der Waals surface area contributed by atoms with E-state index in [4.69, 9.17) is 4.42 Å². The second-order valence-corrected chi connectivity index (χ2v) is 7.57. The molecular formula is C18H18BrN3O2. The molecule has 0 N–H and O–H groups in total. The second-order valence-electron chi connectivity index (χ2n) is 6.66. The summed E-state index contributed by atoms with van der Waals surface area (Å²) in [5.74, 6) is 1.98. The third-order valence-corrected chi connectivity index (χ3v) is 4.03. The zero-order valence-corrected chi connectivity index (χ0v) is 15.6. The maximum Gasteiger partial charge on any atom is 0.282 e. The van der Waals surface area contributed by atoms with Crippen LogP contribution < -0.4 is 5.56 Å². The van der Waals surface area contributed by atoms with Crippen LogP contribution in [0.25, 0.3) is 10.9 Å². The highest BCUT2D eigenvalue weighted by atomic mass is 79.9. The van der Waals surface area contributed by atoms with E-state index in [1.807, 2.05) is 52.0 Å². The largest absolute Gasteiger partial charge is 0.460 e. The Bertz CT molecular complexity index is 994. The molecule has 0 aliphatic carbocycles. The predicted octanol–water partition coefficient (Wildman–Crippen LogP) is 4.24. The summed E-state index contributed by atoms with van der Waals surface area (Å²) in [5.41, 5.74) is 0.121. The van der Waals surface area contributed by atoms with E-state index in [0.717, 1.165) is 10.2 Å². The summed E-state index contributed by atoms with van der Waals surface area (Å²) in [6.45, 7) is 7.87. The van der Waals surface area contributed by atoms with Crippen molar-refractivity contribution in [3.05, 3.63) is 62.5 Å². The van der Waals surface area contributed by atoms with Crippen molar-refractivity contribution < 1.29 is 4.42 Å². The van der Waals surface area contributed by atoms with Crippen molar-refractivity contribution in [2.24, 2.45) is 5.10 Å². The van der Waals surface area contributed by atoms with Crippen LogP contribution in [0.1, 0.15) is 38.1 Å². The van der Waals surface area contributed by atoms with Crippen LogP contribution in [0.2, 0.25) is 0 Å². The van der Waals surface area contributed by atoms with Crippen LogP contribution in [-0.2, 0) is 5.41 Å². The summed E-state index contributed by atoms with van der Waals surface area (Å²) in [7, 11) is 0. The Morgan fingerprint density at radius 2 is 2.00 bits per heavy atom. The summed E-state index contributed by atoms with van der Waals surface area (Å²) in [6, 6.07) is 9.14. The van der Waals surface area contributed by atoms with Crippen molar-refractivity contribution in [3.8, 4) is 0 Å². The van der Waals surface area contributed by atoms with Gasteiger partial charge < -0.3 is 4.42 Å². The summed E-state index contributed by atoms with van der Waals surface area (Å²) in [5, 5.41) is 4.86. The van der Waals surface area contributed by atoms with Gasteiger partial charge in [-0.2, -0.15) is 9.78 Å². The number of hydrogen-bond acceptors (Lipinski definition) is 4. The summed E-state index contributed by atoms with van der Waals surface area (Å²) in [4.78, 5) is 17.6. The van der Waals surface area contributed by atoms with Gasteiger partial charge in [0.1, 0.15) is 17.3 Å². The zero-order valence-electron chi connectivity index (χ0n) is 14.0. The molecule has 0 bridgehead atoms. The van der Waals surface area contributed by atoms with E-state index in [9.17, 15) is 4.79 Å². The van der Waals surface area contributed by atoms with Gasteiger partial charge >= 0.3 is 0 Å². The van der Waals surface area contributed by atoms with Crippen molar-refractivity contribution in [1.29, 1.82) is 0 Å². The van der Waals surface area contributed by atoms with E-state index in [-0.39, 0.29) is 11.0 Å². The van der Waals surface area contributed by atoms with E-state index >= 15 is 0 Å². The molecule has 0 atom stereocenters. The monoisotopic (exact) mass is 387 g/mol. The molecule has 3 aromatic rings. The fourth-order valence-electron chi connectivity index (χ4n) is 2.38. The molecule has 0 saturated carbocycles. The van der Waals surface area contributed by atoms with Crippen molar-refractivity contribution in [2.45, 2.75) is 33.1 Å². The van der Waals surface area contributed by atoms with Gasteiger partial charge in [0.05, 0.1) is 17.1 Å². The Labute approximate surface area is 148 Å². The van der Waals surface area contributed by atoms with Gasteiger partial charge in [-0.15, -0.1) is 0 Å². The van der Waals surface area contributed by atoms with Gasteiger partial charge in [0.25, 0.3) is 5.56 Å². The topological polar surface area (TPSA) is 60.4 Å². The fraction of sp³-hybridized carbons (Fsp3) is 0.278. The third-order valence-electron chi connectivity index (χ3n) is 3.54. The fourth-order valence-corrected chi connectivity index (χ4v) is 2.74. The first-order valence-corrected chi connectivity index (χ1v) is 8.38. The molecular weight excluding hydrogens is 370 g/mol. The molecule has 0 aliphatic heterocycles. The first-order chi connectivity index (χ1) is 11.3. The summed E-state index contributed by atoms with van der Waals surface area (Å²) in [6.07, 6.45) is 1.54. The van der Waals surface area contributed by atoms with Crippen LogP contribution in [-0.4, -0.2) is 15.9 Å². The molecule has 0 saturated heterocycles. The van der Waals surface area contributed by atoms with Gasteiger partial charge in [-0.25, -0.2) is 4.98 Å². The molecule has 5 nitrogen and oxygen atoms in total. The number of hydrogen-bond donors (Lipinski definition) is 0. The Morgan fingerprint density at radius 1 is 1.25 bits per heavy atom. The predicted molar refractivity (Wildman–Crippen MR) is 98.8 cm³/mol. The van der Waals surface area contributed by atoms with Crippen molar-refractivity contribution >= 4 is 33.0 Å². The molecule has 6 heteroatoms. The van der Waals surface area contributed by atoms with E-state index in [1.54, 1.807) is 6.07 Å². The Morgan fingerprint density at radius 3 is 2.62 bits per heavy atom. The molecule has 0 fully saturated rings. The highest BCUT2D eigenvalue weighted by molar-refractivity contribution is 9.10. The standard InChI is InChI=1S/C18H18BrN3O2/c1-11-5-7-13(24-11)10-20-22-16(23)14-9-12(19)6-8-15(14)21-17(22)18(2,3)4/h5-10H,1-4H3. The number of furan rings is 1. The van der Waals surface area contributed by atoms with Crippen molar-refractivity contribution in [1.82, 2.24) is 9.66 Å². The number of rotatable bonds is 2. The van der Waals surface area contributed by atoms with Gasteiger partial charge in [-0.1, -0.05) is 36.7 Å². The molecule has 0 amide bonds. The number of fused-ring (bicyclic) bond motifs is 1. The Kier molecular flexibility index (Phi) is 4.17. The van der Waals surface area contributed by atoms with Gasteiger partial charge in [-0.3, -0.25) is 4.79 Å². The minimum Gasteiger partial charge on any atom is -0.460 e.